The highest BCUT2D eigenvalue weighted by Crippen LogP contribution is 2.35. The molecule has 0 saturated carbocycles. The van der Waals surface area contributed by atoms with Crippen LogP contribution in [-0.2, 0) is 4.57 Å². The number of benzene rings is 1. The third-order valence-electron chi connectivity index (χ3n) is 2.15. The molecule has 0 aliphatic heterocycles. The molecule has 0 radical (unpaired) electrons. The van der Waals surface area contributed by atoms with Gasteiger partial charge in [-0.2, -0.15) is 0 Å². The van der Waals surface area contributed by atoms with Gasteiger partial charge in [0.1, 0.15) is 0 Å². The van der Waals surface area contributed by atoms with E-state index in [1.54, 1.807) is 25.1 Å². The van der Waals surface area contributed by atoms with Gasteiger partial charge in [0.25, 0.3) is 0 Å². The van der Waals surface area contributed by atoms with E-state index < -0.39 is 7.60 Å². The van der Waals surface area contributed by atoms with Gasteiger partial charge < -0.3 is 9.79 Å². The Labute approximate surface area is 86.7 Å². The first-order valence-corrected chi connectivity index (χ1v) is 6.02. The second-order valence-electron chi connectivity index (χ2n) is 3.35. The highest BCUT2D eigenvalue weighted by molar-refractivity contribution is 7.60. The third kappa shape index (κ3) is 1.92. The van der Waals surface area contributed by atoms with Crippen LogP contribution >= 0.6 is 7.60 Å². The third-order valence-corrected chi connectivity index (χ3v) is 3.14. The minimum absolute atomic E-state index is 0.0105. The van der Waals surface area contributed by atoms with Crippen LogP contribution in [0.15, 0.2) is 30.3 Å². The minimum Gasteiger partial charge on any atom is -0.321 e. The Balaban J connectivity index is 2.86. The van der Waals surface area contributed by atoms with Crippen LogP contribution in [0, 0.1) is 6.92 Å². The molecule has 0 fully saturated rings. The number of fused-ring (bicyclic) bond motifs is 1. The SMILES string of the molecule is Cc1ccc2cccc(P(=O)(O)O)c2n1. The van der Waals surface area contributed by atoms with Crippen molar-refractivity contribution >= 4 is 23.8 Å². The quantitative estimate of drug-likeness (QED) is 0.716. The van der Waals surface area contributed by atoms with Crippen molar-refractivity contribution in [3.8, 4) is 0 Å². The number of aryl methyl sites for hydroxylation is 1. The summed E-state index contributed by atoms with van der Waals surface area (Å²) in [6, 6.07) is 8.42. The van der Waals surface area contributed by atoms with Crippen LogP contribution < -0.4 is 5.30 Å². The first kappa shape index (κ1) is 10.3. The standard InChI is InChI=1S/C10H10NO3P/c1-7-5-6-8-3-2-4-9(10(8)11-7)15(12,13)14/h2-6H,1H3,(H2,12,13,14). The molecule has 1 aromatic carbocycles. The van der Waals surface area contributed by atoms with E-state index in [4.69, 9.17) is 9.79 Å². The summed E-state index contributed by atoms with van der Waals surface area (Å²) in [5, 5.41) is 0.727. The molecule has 4 nitrogen and oxygen atoms in total. The zero-order chi connectivity index (χ0) is 11.1. The van der Waals surface area contributed by atoms with E-state index in [2.05, 4.69) is 4.98 Å². The summed E-state index contributed by atoms with van der Waals surface area (Å²) in [5.41, 5.74) is 1.12. The topological polar surface area (TPSA) is 70.4 Å². The smallest absolute Gasteiger partial charge is 0.321 e. The van der Waals surface area contributed by atoms with Gasteiger partial charge in [-0.15, -0.1) is 0 Å². The Morgan fingerprint density at radius 3 is 2.60 bits per heavy atom. The summed E-state index contributed by atoms with van der Waals surface area (Å²) in [4.78, 5) is 22.4. The lowest BCUT2D eigenvalue weighted by Crippen LogP contribution is -2.06. The van der Waals surface area contributed by atoms with Crippen LogP contribution in [0.3, 0.4) is 0 Å². The van der Waals surface area contributed by atoms with E-state index in [0.29, 0.717) is 5.52 Å². The van der Waals surface area contributed by atoms with Gasteiger partial charge in [0.05, 0.1) is 10.8 Å². The molecule has 2 N–H and O–H groups in total. The molecular weight excluding hydrogens is 213 g/mol. The van der Waals surface area contributed by atoms with Crippen molar-refractivity contribution in [2.45, 2.75) is 6.92 Å². The number of rotatable bonds is 1. The molecule has 1 aromatic heterocycles. The number of nitrogens with zero attached hydrogens (tertiary/aromatic N) is 1. The van der Waals surface area contributed by atoms with Gasteiger partial charge in [0.2, 0.25) is 0 Å². The van der Waals surface area contributed by atoms with E-state index >= 15 is 0 Å². The van der Waals surface area contributed by atoms with E-state index in [-0.39, 0.29) is 5.30 Å². The number of hydrogen-bond acceptors (Lipinski definition) is 2. The first-order valence-electron chi connectivity index (χ1n) is 4.41. The first-order chi connectivity index (χ1) is 6.98. The van der Waals surface area contributed by atoms with Crippen molar-refractivity contribution < 1.29 is 14.4 Å². The van der Waals surface area contributed by atoms with Crippen LogP contribution in [0.25, 0.3) is 10.9 Å². The molecule has 0 atom stereocenters. The van der Waals surface area contributed by atoms with Crippen molar-refractivity contribution in [1.82, 2.24) is 4.98 Å². The predicted molar refractivity (Wildman–Crippen MR) is 58.2 cm³/mol. The lowest BCUT2D eigenvalue weighted by atomic mass is 10.2. The number of pyridine rings is 1. The van der Waals surface area contributed by atoms with Crippen molar-refractivity contribution in [3.05, 3.63) is 36.0 Å². The van der Waals surface area contributed by atoms with Gasteiger partial charge in [-0.1, -0.05) is 18.2 Å². The van der Waals surface area contributed by atoms with E-state index in [0.717, 1.165) is 11.1 Å². The molecule has 5 heteroatoms. The molecule has 0 spiro atoms. The summed E-state index contributed by atoms with van der Waals surface area (Å²) in [6.45, 7) is 1.79. The van der Waals surface area contributed by atoms with Gasteiger partial charge >= 0.3 is 7.60 Å². The van der Waals surface area contributed by atoms with Crippen LogP contribution in [0.4, 0.5) is 0 Å². The van der Waals surface area contributed by atoms with Gasteiger partial charge in [-0.3, -0.25) is 9.55 Å². The fourth-order valence-electron chi connectivity index (χ4n) is 1.46. The summed E-state index contributed by atoms with van der Waals surface area (Å²) in [7, 11) is -4.25. The van der Waals surface area contributed by atoms with Crippen LogP contribution in [-0.4, -0.2) is 14.8 Å². The lowest BCUT2D eigenvalue weighted by molar-refractivity contribution is 0.387. The molecule has 0 amide bonds. The number of aromatic nitrogens is 1. The Bertz CT molecular complexity index is 562. The second kappa shape index (κ2) is 3.42. The van der Waals surface area contributed by atoms with Gasteiger partial charge in [-0.25, -0.2) is 0 Å². The second-order valence-corrected chi connectivity index (χ2v) is 4.92. The summed E-state index contributed by atoms with van der Waals surface area (Å²) >= 11 is 0. The van der Waals surface area contributed by atoms with E-state index in [1.165, 1.54) is 6.07 Å². The predicted octanol–water partition coefficient (Wildman–Crippen LogP) is 1.35. The molecule has 0 unspecified atom stereocenters. The zero-order valence-electron chi connectivity index (χ0n) is 8.08. The molecule has 78 valence electrons. The van der Waals surface area contributed by atoms with Crippen molar-refractivity contribution in [2.24, 2.45) is 0 Å². The average molecular weight is 223 g/mol. The minimum atomic E-state index is -4.25. The molecule has 2 rings (SSSR count). The monoisotopic (exact) mass is 223 g/mol. The lowest BCUT2D eigenvalue weighted by Gasteiger charge is -2.07. The van der Waals surface area contributed by atoms with Gasteiger partial charge in [0, 0.05) is 11.1 Å². The molecule has 2 aromatic rings. The highest BCUT2D eigenvalue weighted by Gasteiger charge is 2.20. The molecular formula is C10H10NO3P. The van der Waals surface area contributed by atoms with Gasteiger partial charge in [0.15, 0.2) is 0 Å². The van der Waals surface area contributed by atoms with E-state index in [1.807, 2.05) is 6.07 Å². The van der Waals surface area contributed by atoms with Crippen molar-refractivity contribution in [2.75, 3.05) is 0 Å². The average Bonchev–Trinajstić information content (AvgIpc) is 2.15. The summed E-state index contributed by atoms with van der Waals surface area (Å²) < 4.78 is 11.2. The fraction of sp³-hybridized carbons (Fsp3) is 0.100. The molecule has 1 heterocycles. The molecule has 0 bridgehead atoms. The fourth-order valence-corrected chi connectivity index (χ4v) is 2.20. The zero-order valence-corrected chi connectivity index (χ0v) is 8.98. The van der Waals surface area contributed by atoms with Crippen molar-refractivity contribution in [3.63, 3.8) is 0 Å². The molecule has 15 heavy (non-hydrogen) atoms. The normalized spacial score (nSPS) is 11.9. The van der Waals surface area contributed by atoms with Crippen LogP contribution in [0.1, 0.15) is 5.69 Å². The number of hydrogen-bond donors (Lipinski definition) is 2. The van der Waals surface area contributed by atoms with Crippen LogP contribution in [0.2, 0.25) is 0 Å². The van der Waals surface area contributed by atoms with Gasteiger partial charge in [-0.05, 0) is 19.1 Å². The van der Waals surface area contributed by atoms with Crippen molar-refractivity contribution in [1.29, 1.82) is 0 Å². The Kier molecular flexibility index (Phi) is 2.35. The summed E-state index contributed by atoms with van der Waals surface area (Å²) in [6.07, 6.45) is 0. The maximum atomic E-state index is 11.2. The molecule has 0 aliphatic rings. The maximum absolute atomic E-state index is 11.2. The Morgan fingerprint density at radius 1 is 1.20 bits per heavy atom. The van der Waals surface area contributed by atoms with Crippen LogP contribution in [0.5, 0.6) is 0 Å². The Morgan fingerprint density at radius 2 is 1.93 bits per heavy atom. The summed E-state index contributed by atoms with van der Waals surface area (Å²) in [5.74, 6) is 0. The van der Waals surface area contributed by atoms with E-state index in [9.17, 15) is 4.57 Å². The maximum Gasteiger partial charge on any atom is 0.358 e. The molecule has 0 aliphatic carbocycles. The number of para-hydroxylation sites is 1. The highest BCUT2D eigenvalue weighted by atomic mass is 31.2. The Hall–Kier alpha value is -1.22. The molecule has 0 saturated heterocycles. The largest absolute Gasteiger partial charge is 0.358 e.